The normalized spacial score (nSPS) is 14.5. The summed E-state index contributed by atoms with van der Waals surface area (Å²) in [5.74, 6) is 2.23. The number of anilines is 5. The Morgan fingerprint density at radius 3 is 2.52 bits per heavy atom. The van der Waals surface area contributed by atoms with Gasteiger partial charge in [-0.1, -0.05) is 0 Å². The molecule has 3 heterocycles. The molecule has 29 heavy (non-hydrogen) atoms. The van der Waals surface area contributed by atoms with E-state index in [9.17, 15) is 0 Å². The summed E-state index contributed by atoms with van der Waals surface area (Å²) in [6.07, 6.45) is 4.95. The molecule has 150 valence electrons. The summed E-state index contributed by atoms with van der Waals surface area (Å²) < 4.78 is 5.64. The van der Waals surface area contributed by atoms with Crippen molar-refractivity contribution in [2.45, 2.75) is 0 Å². The number of piperazine rings is 1. The maximum Gasteiger partial charge on any atom is 0.144 e. The van der Waals surface area contributed by atoms with E-state index in [1.165, 1.54) is 12.0 Å². The molecule has 0 saturated carbocycles. The molecule has 2 aromatic heterocycles. The molecule has 4 rings (SSSR count). The Balaban J connectivity index is 1.49. The molecule has 1 aliphatic heterocycles. The Hall–Kier alpha value is -3.39. The number of likely N-dealkylation sites (N-methyl/N-ethyl adjacent to an activating group) is 1. The highest BCUT2D eigenvalue weighted by atomic mass is 16.5. The van der Waals surface area contributed by atoms with Crippen molar-refractivity contribution in [3.63, 3.8) is 0 Å². The van der Waals surface area contributed by atoms with Gasteiger partial charge in [-0.2, -0.15) is 0 Å². The van der Waals surface area contributed by atoms with Crippen LogP contribution >= 0.6 is 0 Å². The minimum atomic E-state index is 0.717. The van der Waals surface area contributed by atoms with Gasteiger partial charge in [0.2, 0.25) is 0 Å². The lowest BCUT2D eigenvalue weighted by Crippen LogP contribution is -2.44. The third kappa shape index (κ3) is 4.72. The molecule has 0 bridgehead atoms. The fourth-order valence-corrected chi connectivity index (χ4v) is 3.27. The van der Waals surface area contributed by atoms with E-state index in [4.69, 9.17) is 4.74 Å². The number of aromatic nitrogens is 3. The van der Waals surface area contributed by atoms with Gasteiger partial charge in [0.15, 0.2) is 0 Å². The highest BCUT2D eigenvalue weighted by Crippen LogP contribution is 2.32. The largest absolute Gasteiger partial charge is 0.494 e. The summed E-state index contributed by atoms with van der Waals surface area (Å²) in [5, 5.41) is 6.59. The van der Waals surface area contributed by atoms with Gasteiger partial charge in [0.1, 0.15) is 23.7 Å². The first kappa shape index (κ1) is 18.9. The molecule has 8 nitrogen and oxygen atoms in total. The Morgan fingerprint density at radius 2 is 1.76 bits per heavy atom. The molecule has 1 fully saturated rings. The summed E-state index contributed by atoms with van der Waals surface area (Å²) in [7, 11) is 3.85. The van der Waals surface area contributed by atoms with E-state index in [-0.39, 0.29) is 0 Å². The van der Waals surface area contributed by atoms with Gasteiger partial charge in [0.05, 0.1) is 12.8 Å². The predicted octanol–water partition coefficient (Wildman–Crippen LogP) is 3.12. The van der Waals surface area contributed by atoms with Crippen LogP contribution in [0.2, 0.25) is 0 Å². The summed E-state index contributed by atoms with van der Waals surface area (Å²) in [6, 6.07) is 11.9. The van der Waals surface area contributed by atoms with E-state index in [0.29, 0.717) is 0 Å². The number of rotatable bonds is 6. The van der Waals surface area contributed by atoms with Crippen LogP contribution in [-0.4, -0.2) is 60.2 Å². The molecule has 0 aliphatic carbocycles. The van der Waals surface area contributed by atoms with E-state index < -0.39 is 0 Å². The zero-order chi connectivity index (χ0) is 20.1. The van der Waals surface area contributed by atoms with E-state index in [0.717, 1.165) is 54.9 Å². The summed E-state index contributed by atoms with van der Waals surface area (Å²) in [6.45, 7) is 4.17. The minimum Gasteiger partial charge on any atom is -0.494 e. The fourth-order valence-electron chi connectivity index (χ4n) is 3.27. The van der Waals surface area contributed by atoms with Crippen molar-refractivity contribution in [2.75, 3.05) is 55.9 Å². The van der Waals surface area contributed by atoms with Crippen molar-refractivity contribution in [2.24, 2.45) is 0 Å². The average molecular weight is 391 g/mol. The molecular formula is C21H25N7O. The van der Waals surface area contributed by atoms with Gasteiger partial charge in [0, 0.05) is 62.1 Å². The van der Waals surface area contributed by atoms with Crippen molar-refractivity contribution in [1.29, 1.82) is 0 Å². The van der Waals surface area contributed by atoms with Crippen LogP contribution in [0.4, 0.5) is 28.7 Å². The first-order valence-electron chi connectivity index (χ1n) is 9.59. The number of hydrogen-bond acceptors (Lipinski definition) is 8. The Kier molecular flexibility index (Phi) is 5.71. The molecule has 8 heteroatoms. The average Bonchev–Trinajstić information content (AvgIpc) is 2.76. The lowest BCUT2D eigenvalue weighted by molar-refractivity contribution is 0.312. The zero-order valence-electron chi connectivity index (χ0n) is 16.7. The van der Waals surface area contributed by atoms with E-state index >= 15 is 0 Å². The van der Waals surface area contributed by atoms with Crippen LogP contribution in [-0.2, 0) is 0 Å². The second-order valence-electron chi connectivity index (χ2n) is 6.95. The third-order valence-corrected chi connectivity index (χ3v) is 4.93. The number of hydrogen-bond donors (Lipinski definition) is 2. The third-order valence-electron chi connectivity index (χ3n) is 4.93. The molecular weight excluding hydrogens is 366 g/mol. The molecule has 1 aromatic carbocycles. The monoisotopic (exact) mass is 391 g/mol. The second kappa shape index (κ2) is 8.74. The van der Waals surface area contributed by atoms with E-state index in [2.05, 4.69) is 54.6 Å². The molecule has 0 atom stereocenters. The SMILES string of the molecule is COc1cc(N2CCN(C)CC2)ccc1Nc1cc(Nc2ccncn2)ccn1. The molecule has 1 aliphatic rings. The number of nitrogens with one attached hydrogen (secondary N) is 2. The van der Waals surface area contributed by atoms with Crippen molar-refractivity contribution in [3.05, 3.63) is 55.1 Å². The first-order valence-corrected chi connectivity index (χ1v) is 9.59. The Bertz CT molecular complexity index is 943. The maximum atomic E-state index is 5.64. The van der Waals surface area contributed by atoms with Crippen molar-refractivity contribution in [3.8, 4) is 5.75 Å². The van der Waals surface area contributed by atoms with Crippen LogP contribution in [0, 0.1) is 0 Å². The number of methoxy groups -OCH3 is 1. The number of pyridine rings is 1. The van der Waals surface area contributed by atoms with E-state index in [1.54, 1.807) is 19.5 Å². The van der Waals surface area contributed by atoms with Gasteiger partial charge in [-0.3, -0.25) is 0 Å². The number of nitrogens with zero attached hydrogens (tertiary/aromatic N) is 5. The lowest BCUT2D eigenvalue weighted by atomic mass is 10.2. The van der Waals surface area contributed by atoms with Crippen molar-refractivity contribution >= 4 is 28.7 Å². The van der Waals surface area contributed by atoms with Gasteiger partial charge < -0.3 is 25.2 Å². The smallest absolute Gasteiger partial charge is 0.144 e. The first-order chi connectivity index (χ1) is 14.2. The van der Waals surface area contributed by atoms with Crippen LogP contribution in [0.15, 0.2) is 55.1 Å². The molecule has 0 unspecified atom stereocenters. The highest BCUT2D eigenvalue weighted by molar-refractivity contribution is 5.71. The fraction of sp³-hybridized carbons (Fsp3) is 0.286. The Morgan fingerprint density at radius 1 is 0.897 bits per heavy atom. The molecule has 3 aromatic rings. The van der Waals surface area contributed by atoms with Crippen LogP contribution in [0.3, 0.4) is 0 Å². The van der Waals surface area contributed by atoms with Crippen LogP contribution < -0.4 is 20.3 Å². The van der Waals surface area contributed by atoms with Gasteiger partial charge in [-0.25, -0.2) is 15.0 Å². The minimum absolute atomic E-state index is 0.717. The summed E-state index contributed by atoms with van der Waals surface area (Å²) in [5.41, 5.74) is 2.93. The topological polar surface area (TPSA) is 78.4 Å². The zero-order valence-corrected chi connectivity index (χ0v) is 16.7. The van der Waals surface area contributed by atoms with Crippen LogP contribution in [0.1, 0.15) is 0 Å². The van der Waals surface area contributed by atoms with Crippen LogP contribution in [0.5, 0.6) is 5.75 Å². The van der Waals surface area contributed by atoms with Gasteiger partial charge in [0.25, 0.3) is 0 Å². The van der Waals surface area contributed by atoms with Gasteiger partial charge in [-0.05, 0) is 31.3 Å². The lowest BCUT2D eigenvalue weighted by Gasteiger charge is -2.34. The van der Waals surface area contributed by atoms with Crippen molar-refractivity contribution < 1.29 is 4.74 Å². The standard InChI is InChI=1S/C21H25N7O/c1-27-9-11-28(12-10-27)17-3-4-18(19(14-17)29-2)26-21-13-16(5-8-23-21)25-20-6-7-22-15-24-20/h3-8,13-15H,9-12H2,1-2H3,(H2,22,23,24,25,26). The quantitative estimate of drug-likeness (QED) is 0.664. The van der Waals surface area contributed by atoms with Gasteiger partial charge >= 0.3 is 0 Å². The Labute approximate surface area is 170 Å². The second-order valence-corrected chi connectivity index (χ2v) is 6.95. The number of benzene rings is 1. The molecule has 1 saturated heterocycles. The maximum absolute atomic E-state index is 5.64. The van der Waals surface area contributed by atoms with Gasteiger partial charge in [-0.15, -0.1) is 0 Å². The molecule has 0 spiro atoms. The molecule has 0 radical (unpaired) electrons. The predicted molar refractivity (Wildman–Crippen MR) is 116 cm³/mol. The number of ether oxygens (including phenoxy) is 1. The van der Waals surface area contributed by atoms with Crippen molar-refractivity contribution in [1.82, 2.24) is 19.9 Å². The summed E-state index contributed by atoms with van der Waals surface area (Å²) >= 11 is 0. The highest BCUT2D eigenvalue weighted by Gasteiger charge is 2.16. The summed E-state index contributed by atoms with van der Waals surface area (Å²) in [4.78, 5) is 17.3. The van der Waals surface area contributed by atoms with Crippen LogP contribution in [0.25, 0.3) is 0 Å². The molecule has 0 amide bonds. The molecule has 2 N–H and O–H groups in total. The van der Waals surface area contributed by atoms with E-state index in [1.807, 2.05) is 24.3 Å².